The maximum atomic E-state index is 10.8. The van der Waals surface area contributed by atoms with Gasteiger partial charge in [-0.05, 0) is 13.0 Å². The molecule has 0 aliphatic carbocycles. The molecular formula is C10H9NO3. The Morgan fingerprint density at radius 1 is 1.57 bits per heavy atom. The Kier molecular flexibility index (Phi) is 3.08. The number of hydrogen-bond acceptors (Lipinski definition) is 2. The van der Waals surface area contributed by atoms with Gasteiger partial charge in [0, 0.05) is 17.3 Å². The molecule has 0 amide bonds. The highest BCUT2D eigenvalue weighted by Gasteiger charge is 1.94. The number of nitrogens with one attached hydrogen (secondary N) is 1. The first-order valence-corrected chi connectivity index (χ1v) is 4.00. The van der Waals surface area contributed by atoms with Crippen LogP contribution in [-0.4, -0.2) is 16.1 Å². The lowest BCUT2D eigenvalue weighted by Gasteiger charge is -1.94. The third-order valence-corrected chi connectivity index (χ3v) is 1.58. The number of H-pyrrole nitrogens is 1. The molecule has 0 atom stereocenters. The number of pyridine rings is 1. The molecule has 4 heteroatoms. The van der Waals surface area contributed by atoms with E-state index >= 15 is 0 Å². The molecule has 1 heterocycles. The van der Waals surface area contributed by atoms with Crippen LogP contribution in [-0.2, 0) is 4.79 Å². The number of aromatic nitrogens is 1. The molecule has 0 saturated heterocycles. The minimum absolute atomic E-state index is 0.189. The van der Waals surface area contributed by atoms with Gasteiger partial charge in [-0.2, -0.15) is 0 Å². The van der Waals surface area contributed by atoms with E-state index in [-0.39, 0.29) is 12.0 Å². The molecule has 2 N–H and O–H groups in total. The Hall–Kier alpha value is -2.02. The highest BCUT2D eigenvalue weighted by atomic mass is 16.4. The van der Waals surface area contributed by atoms with Gasteiger partial charge in [0.15, 0.2) is 0 Å². The van der Waals surface area contributed by atoms with E-state index in [1.54, 1.807) is 13.0 Å². The van der Waals surface area contributed by atoms with Crippen LogP contribution in [0.15, 0.2) is 16.9 Å². The predicted molar refractivity (Wildman–Crippen MR) is 50.9 cm³/mol. The fraction of sp³-hybridized carbons (Fsp3) is 0.200. The molecule has 0 bridgehead atoms. The Morgan fingerprint density at radius 2 is 2.29 bits per heavy atom. The average molecular weight is 191 g/mol. The zero-order chi connectivity index (χ0) is 10.6. The summed E-state index contributed by atoms with van der Waals surface area (Å²) in [7, 11) is 0. The van der Waals surface area contributed by atoms with E-state index in [9.17, 15) is 9.59 Å². The van der Waals surface area contributed by atoms with Crippen LogP contribution in [0, 0.1) is 18.8 Å². The largest absolute Gasteiger partial charge is 0.481 e. The summed E-state index contributed by atoms with van der Waals surface area (Å²) >= 11 is 0. The minimum atomic E-state index is -0.959. The zero-order valence-electron chi connectivity index (χ0n) is 7.63. The molecule has 0 aromatic carbocycles. The molecule has 0 unspecified atom stereocenters. The first kappa shape index (κ1) is 10.1. The molecule has 0 radical (unpaired) electrons. The molecule has 1 aromatic heterocycles. The van der Waals surface area contributed by atoms with Crippen molar-refractivity contribution >= 4 is 5.97 Å². The normalized spacial score (nSPS) is 8.93. The number of aliphatic carboxylic acids is 1. The lowest BCUT2D eigenvalue weighted by molar-refractivity contribution is -0.135. The van der Waals surface area contributed by atoms with Gasteiger partial charge in [0.25, 0.3) is 0 Å². The molecule has 1 rings (SSSR count). The van der Waals surface area contributed by atoms with E-state index in [2.05, 4.69) is 16.8 Å². The van der Waals surface area contributed by atoms with Crippen molar-refractivity contribution in [1.29, 1.82) is 0 Å². The van der Waals surface area contributed by atoms with Gasteiger partial charge < -0.3 is 10.1 Å². The molecule has 0 saturated carbocycles. The van der Waals surface area contributed by atoms with Crippen LogP contribution in [0.2, 0.25) is 0 Å². The van der Waals surface area contributed by atoms with Crippen LogP contribution < -0.4 is 5.56 Å². The average Bonchev–Trinajstić information content (AvgIpc) is 2.08. The number of aryl methyl sites for hydroxylation is 1. The van der Waals surface area contributed by atoms with E-state index in [0.29, 0.717) is 11.3 Å². The van der Waals surface area contributed by atoms with E-state index in [1.807, 2.05) is 0 Å². The van der Waals surface area contributed by atoms with Crippen LogP contribution in [0.4, 0.5) is 0 Å². The lowest BCUT2D eigenvalue weighted by Crippen LogP contribution is -2.05. The maximum Gasteiger partial charge on any atom is 0.315 e. The summed E-state index contributed by atoms with van der Waals surface area (Å²) in [4.78, 5) is 23.6. The van der Waals surface area contributed by atoms with Crippen molar-refractivity contribution in [2.75, 3.05) is 0 Å². The van der Waals surface area contributed by atoms with Crippen molar-refractivity contribution in [3.05, 3.63) is 33.7 Å². The van der Waals surface area contributed by atoms with Gasteiger partial charge in [-0.1, -0.05) is 11.8 Å². The molecule has 0 spiro atoms. The molecule has 0 aliphatic rings. The smallest absolute Gasteiger partial charge is 0.315 e. The van der Waals surface area contributed by atoms with Crippen molar-refractivity contribution in [3.8, 4) is 11.8 Å². The number of carboxylic acids is 1. The summed E-state index contributed by atoms with van der Waals surface area (Å²) in [5, 5.41) is 8.34. The van der Waals surface area contributed by atoms with Gasteiger partial charge in [0.05, 0.1) is 0 Å². The molecule has 0 fully saturated rings. The Morgan fingerprint density at radius 3 is 2.86 bits per heavy atom. The molecule has 4 nitrogen and oxygen atoms in total. The quantitative estimate of drug-likeness (QED) is 0.635. The van der Waals surface area contributed by atoms with Crippen LogP contribution in [0.1, 0.15) is 17.7 Å². The van der Waals surface area contributed by atoms with Gasteiger partial charge in [-0.15, -0.1) is 0 Å². The number of aromatic amines is 1. The van der Waals surface area contributed by atoms with Crippen molar-refractivity contribution in [3.63, 3.8) is 0 Å². The first-order valence-electron chi connectivity index (χ1n) is 4.00. The molecule has 0 aliphatic heterocycles. The maximum absolute atomic E-state index is 10.8. The van der Waals surface area contributed by atoms with Gasteiger partial charge in [0.2, 0.25) is 5.56 Å². The third kappa shape index (κ3) is 2.79. The second kappa shape index (κ2) is 4.28. The van der Waals surface area contributed by atoms with Gasteiger partial charge >= 0.3 is 5.97 Å². The van der Waals surface area contributed by atoms with Crippen LogP contribution in [0.5, 0.6) is 0 Å². The standard InChI is InChI=1S/C10H9NO3/c1-7-8(3-2-4-10(13)14)5-6-9(12)11-7/h5-6H,4H2,1H3,(H,11,12)(H,13,14). The third-order valence-electron chi connectivity index (χ3n) is 1.58. The topological polar surface area (TPSA) is 70.2 Å². The minimum Gasteiger partial charge on any atom is -0.481 e. The Bertz CT molecular complexity index is 462. The molecule has 14 heavy (non-hydrogen) atoms. The highest BCUT2D eigenvalue weighted by Crippen LogP contribution is 1.98. The van der Waals surface area contributed by atoms with Gasteiger partial charge in [-0.25, -0.2) is 0 Å². The second-order valence-corrected chi connectivity index (χ2v) is 2.73. The number of carbonyl (C=O) groups is 1. The van der Waals surface area contributed by atoms with Crippen molar-refractivity contribution < 1.29 is 9.90 Å². The summed E-state index contributed by atoms with van der Waals surface area (Å²) in [6.45, 7) is 1.71. The Balaban J connectivity index is 2.90. The van der Waals surface area contributed by atoms with Crippen molar-refractivity contribution in [1.82, 2.24) is 4.98 Å². The summed E-state index contributed by atoms with van der Waals surface area (Å²) in [5.74, 6) is 4.20. The lowest BCUT2D eigenvalue weighted by atomic mass is 10.2. The van der Waals surface area contributed by atoms with E-state index in [1.165, 1.54) is 6.07 Å². The zero-order valence-corrected chi connectivity index (χ0v) is 7.63. The van der Waals surface area contributed by atoms with E-state index < -0.39 is 5.97 Å². The summed E-state index contributed by atoms with van der Waals surface area (Å²) in [6.07, 6.45) is -0.196. The number of carboxylic acid groups (broad SMARTS) is 1. The van der Waals surface area contributed by atoms with Gasteiger partial charge in [-0.3, -0.25) is 9.59 Å². The van der Waals surface area contributed by atoms with Crippen LogP contribution >= 0.6 is 0 Å². The number of hydrogen-bond donors (Lipinski definition) is 2. The summed E-state index contributed by atoms with van der Waals surface area (Å²) < 4.78 is 0. The van der Waals surface area contributed by atoms with E-state index in [0.717, 1.165) is 0 Å². The monoisotopic (exact) mass is 191 g/mol. The molecule has 1 aromatic rings. The summed E-state index contributed by atoms with van der Waals surface area (Å²) in [6, 6.07) is 2.93. The summed E-state index contributed by atoms with van der Waals surface area (Å²) in [5.41, 5.74) is 1.10. The number of rotatable bonds is 1. The molecular weight excluding hydrogens is 182 g/mol. The van der Waals surface area contributed by atoms with E-state index in [4.69, 9.17) is 5.11 Å². The van der Waals surface area contributed by atoms with Crippen LogP contribution in [0.3, 0.4) is 0 Å². The predicted octanol–water partition coefficient (Wildman–Crippen LogP) is 0.510. The molecule has 72 valence electrons. The van der Waals surface area contributed by atoms with Crippen LogP contribution in [0.25, 0.3) is 0 Å². The SMILES string of the molecule is Cc1[nH]c(=O)ccc1C#CCC(=O)O. The van der Waals surface area contributed by atoms with Gasteiger partial charge in [0.1, 0.15) is 6.42 Å². The van der Waals surface area contributed by atoms with Crippen molar-refractivity contribution in [2.45, 2.75) is 13.3 Å². The second-order valence-electron chi connectivity index (χ2n) is 2.73. The fourth-order valence-corrected chi connectivity index (χ4v) is 0.928. The highest BCUT2D eigenvalue weighted by molar-refractivity contribution is 5.70. The first-order chi connectivity index (χ1) is 6.59. The Labute approximate surface area is 80.6 Å². The fourth-order valence-electron chi connectivity index (χ4n) is 0.928. The van der Waals surface area contributed by atoms with Crippen molar-refractivity contribution in [2.24, 2.45) is 0 Å².